The molecule has 0 aromatic heterocycles. The standard InChI is InChI=1S/C11H16BrNO2/c1-11(14,5-6-13)8-3-4-10(15-2)9(12)7-8/h3-4,7,14H,5-6,13H2,1-2H3. The van der Waals surface area contributed by atoms with E-state index in [1.54, 1.807) is 14.0 Å². The molecular formula is C11H16BrNO2. The van der Waals surface area contributed by atoms with Crippen molar-refractivity contribution < 1.29 is 9.84 Å². The van der Waals surface area contributed by atoms with E-state index in [9.17, 15) is 5.11 Å². The summed E-state index contributed by atoms with van der Waals surface area (Å²) in [6.45, 7) is 2.21. The zero-order chi connectivity index (χ0) is 11.5. The van der Waals surface area contributed by atoms with E-state index in [1.807, 2.05) is 18.2 Å². The van der Waals surface area contributed by atoms with Crippen LogP contribution in [0, 0.1) is 0 Å². The molecule has 0 bridgehead atoms. The SMILES string of the molecule is COc1ccc(C(C)(O)CCN)cc1Br. The van der Waals surface area contributed by atoms with Gasteiger partial charge in [-0.05, 0) is 53.5 Å². The normalized spacial score (nSPS) is 14.7. The summed E-state index contributed by atoms with van der Waals surface area (Å²) in [5.74, 6) is 0.752. The molecule has 0 heterocycles. The molecule has 0 fully saturated rings. The second-order valence-corrected chi connectivity index (χ2v) is 4.52. The average Bonchev–Trinajstić information content (AvgIpc) is 2.17. The van der Waals surface area contributed by atoms with Crippen molar-refractivity contribution in [2.45, 2.75) is 18.9 Å². The van der Waals surface area contributed by atoms with Gasteiger partial charge in [-0.3, -0.25) is 0 Å². The second-order valence-electron chi connectivity index (χ2n) is 3.66. The largest absolute Gasteiger partial charge is 0.496 e. The van der Waals surface area contributed by atoms with Crippen molar-refractivity contribution in [2.75, 3.05) is 13.7 Å². The van der Waals surface area contributed by atoms with Crippen molar-refractivity contribution in [1.82, 2.24) is 0 Å². The molecule has 0 aliphatic heterocycles. The van der Waals surface area contributed by atoms with Crippen LogP contribution in [0.2, 0.25) is 0 Å². The molecule has 0 amide bonds. The van der Waals surface area contributed by atoms with Gasteiger partial charge in [-0.2, -0.15) is 0 Å². The van der Waals surface area contributed by atoms with Gasteiger partial charge < -0.3 is 15.6 Å². The Hall–Kier alpha value is -0.580. The van der Waals surface area contributed by atoms with Crippen LogP contribution in [0.1, 0.15) is 18.9 Å². The molecule has 0 saturated heterocycles. The summed E-state index contributed by atoms with van der Waals surface area (Å²) in [4.78, 5) is 0. The fourth-order valence-electron chi connectivity index (χ4n) is 1.43. The monoisotopic (exact) mass is 273 g/mol. The van der Waals surface area contributed by atoms with Gasteiger partial charge in [0.15, 0.2) is 0 Å². The Kier molecular flexibility index (Phi) is 4.13. The van der Waals surface area contributed by atoms with E-state index in [-0.39, 0.29) is 0 Å². The van der Waals surface area contributed by atoms with E-state index in [1.165, 1.54) is 0 Å². The van der Waals surface area contributed by atoms with Crippen molar-refractivity contribution >= 4 is 15.9 Å². The Morgan fingerprint density at radius 3 is 2.67 bits per heavy atom. The smallest absolute Gasteiger partial charge is 0.133 e. The molecule has 3 nitrogen and oxygen atoms in total. The van der Waals surface area contributed by atoms with Crippen LogP contribution in [0.25, 0.3) is 0 Å². The highest BCUT2D eigenvalue weighted by Gasteiger charge is 2.22. The summed E-state index contributed by atoms with van der Waals surface area (Å²) in [5.41, 5.74) is 5.40. The van der Waals surface area contributed by atoms with Gasteiger partial charge in [0, 0.05) is 0 Å². The maximum Gasteiger partial charge on any atom is 0.133 e. The molecule has 0 aliphatic carbocycles. The van der Waals surface area contributed by atoms with Gasteiger partial charge in [-0.1, -0.05) is 6.07 Å². The van der Waals surface area contributed by atoms with Gasteiger partial charge in [0.25, 0.3) is 0 Å². The van der Waals surface area contributed by atoms with E-state index < -0.39 is 5.60 Å². The summed E-state index contributed by atoms with van der Waals surface area (Å²) in [6.07, 6.45) is 0.534. The first kappa shape index (κ1) is 12.5. The molecule has 84 valence electrons. The van der Waals surface area contributed by atoms with Crippen LogP contribution in [0.4, 0.5) is 0 Å². The van der Waals surface area contributed by atoms with Crippen LogP contribution >= 0.6 is 15.9 Å². The maximum absolute atomic E-state index is 10.1. The minimum absolute atomic E-state index is 0.455. The Morgan fingerprint density at radius 1 is 1.53 bits per heavy atom. The zero-order valence-electron chi connectivity index (χ0n) is 8.96. The lowest BCUT2D eigenvalue weighted by atomic mass is 9.93. The summed E-state index contributed by atoms with van der Waals surface area (Å²) in [7, 11) is 1.61. The van der Waals surface area contributed by atoms with Crippen LogP contribution in [0.15, 0.2) is 22.7 Å². The molecule has 0 radical (unpaired) electrons. The molecule has 0 spiro atoms. The number of halogens is 1. The number of aliphatic hydroxyl groups is 1. The van der Waals surface area contributed by atoms with Crippen molar-refractivity contribution in [2.24, 2.45) is 5.73 Å². The molecule has 0 aliphatic rings. The molecule has 1 unspecified atom stereocenters. The third-order valence-corrected chi connectivity index (χ3v) is 3.02. The van der Waals surface area contributed by atoms with Crippen LogP contribution in [0.3, 0.4) is 0 Å². The first-order valence-electron chi connectivity index (χ1n) is 4.77. The number of hydrogen-bond donors (Lipinski definition) is 2. The number of nitrogens with two attached hydrogens (primary N) is 1. The summed E-state index contributed by atoms with van der Waals surface area (Å²) >= 11 is 3.38. The lowest BCUT2D eigenvalue weighted by Crippen LogP contribution is -2.24. The van der Waals surface area contributed by atoms with Crippen LogP contribution in [-0.4, -0.2) is 18.8 Å². The number of rotatable bonds is 4. The van der Waals surface area contributed by atoms with Gasteiger partial charge in [0.05, 0.1) is 17.2 Å². The third-order valence-electron chi connectivity index (χ3n) is 2.40. The predicted octanol–water partition coefficient (Wildman–Crippen LogP) is 2.01. The van der Waals surface area contributed by atoms with Gasteiger partial charge in [-0.25, -0.2) is 0 Å². The first-order valence-corrected chi connectivity index (χ1v) is 5.57. The third kappa shape index (κ3) is 2.93. The lowest BCUT2D eigenvalue weighted by molar-refractivity contribution is 0.0503. The number of hydrogen-bond acceptors (Lipinski definition) is 3. The average molecular weight is 274 g/mol. The van der Waals surface area contributed by atoms with Crippen LogP contribution in [-0.2, 0) is 5.60 Å². The Balaban J connectivity index is 3.01. The quantitative estimate of drug-likeness (QED) is 0.883. The molecule has 1 aromatic carbocycles. The van der Waals surface area contributed by atoms with E-state index in [0.29, 0.717) is 13.0 Å². The Bertz CT molecular complexity index is 339. The predicted molar refractivity (Wildman–Crippen MR) is 63.9 cm³/mol. The summed E-state index contributed by atoms with van der Waals surface area (Å²) in [6, 6.07) is 5.53. The van der Waals surface area contributed by atoms with Crippen molar-refractivity contribution in [1.29, 1.82) is 0 Å². The minimum Gasteiger partial charge on any atom is -0.496 e. The van der Waals surface area contributed by atoms with Crippen LogP contribution in [0.5, 0.6) is 5.75 Å². The Morgan fingerprint density at radius 2 is 2.20 bits per heavy atom. The van der Waals surface area contributed by atoms with Gasteiger partial charge in [0.2, 0.25) is 0 Å². The van der Waals surface area contributed by atoms with Crippen molar-refractivity contribution in [3.8, 4) is 5.75 Å². The highest BCUT2D eigenvalue weighted by atomic mass is 79.9. The molecule has 4 heteroatoms. The number of benzene rings is 1. The van der Waals surface area contributed by atoms with E-state index in [0.717, 1.165) is 15.8 Å². The number of ether oxygens (including phenoxy) is 1. The molecule has 15 heavy (non-hydrogen) atoms. The van der Waals surface area contributed by atoms with Crippen LogP contribution < -0.4 is 10.5 Å². The first-order chi connectivity index (χ1) is 7.01. The lowest BCUT2D eigenvalue weighted by Gasteiger charge is -2.23. The summed E-state index contributed by atoms with van der Waals surface area (Å²) < 4.78 is 5.95. The van der Waals surface area contributed by atoms with E-state index >= 15 is 0 Å². The van der Waals surface area contributed by atoms with Gasteiger partial charge in [0.1, 0.15) is 5.75 Å². The highest BCUT2D eigenvalue weighted by Crippen LogP contribution is 2.31. The fourth-order valence-corrected chi connectivity index (χ4v) is 1.97. The van der Waals surface area contributed by atoms with Gasteiger partial charge >= 0.3 is 0 Å². The molecule has 1 rings (SSSR count). The summed E-state index contributed by atoms with van der Waals surface area (Å²) in [5, 5.41) is 10.1. The highest BCUT2D eigenvalue weighted by molar-refractivity contribution is 9.10. The molecule has 3 N–H and O–H groups in total. The zero-order valence-corrected chi connectivity index (χ0v) is 10.5. The second kappa shape index (κ2) is 4.96. The van der Waals surface area contributed by atoms with Gasteiger partial charge in [-0.15, -0.1) is 0 Å². The maximum atomic E-state index is 10.1. The molecule has 1 aromatic rings. The number of methoxy groups -OCH3 is 1. The Labute approximate surface area is 98.4 Å². The van der Waals surface area contributed by atoms with E-state index in [4.69, 9.17) is 10.5 Å². The van der Waals surface area contributed by atoms with E-state index in [2.05, 4.69) is 15.9 Å². The fraction of sp³-hybridized carbons (Fsp3) is 0.455. The molecule has 1 atom stereocenters. The topological polar surface area (TPSA) is 55.5 Å². The van der Waals surface area contributed by atoms with Crippen molar-refractivity contribution in [3.63, 3.8) is 0 Å². The molecular weight excluding hydrogens is 258 g/mol. The van der Waals surface area contributed by atoms with Crippen molar-refractivity contribution in [3.05, 3.63) is 28.2 Å². The minimum atomic E-state index is -0.885. The molecule has 0 saturated carbocycles.